The summed E-state index contributed by atoms with van der Waals surface area (Å²) in [6.45, 7) is 3.62. The predicted octanol–water partition coefficient (Wildman–Crippen LogP) is 1.70. The number of fused-ring (bicyclic) bond motifs is 1. The Balaban J connectivity index is 1.55. The fraction of sp³-hybridized carbons (Fsp3) is 0.500. The van der Waals surface area contributed by atoms with E-state index in [1.807, 2.05) is 6.92 Å². The van der Waals surface area contributed by atoms with E-state index in [1.165, 1.54) is 26.8 Å². The van der Waals surface area contributed by atoms with Gasteiger partial charge < -0.3 is 4.57 Å². The largest absolute Gasteiger partial charge is 0.330 e. The number of rotatable bonds is 8. The van der Waals surface area contributed by atoms with Crippen molar-refractivity contribution in [2.75, 3.05) is 13.1 Å². The highest BCUT2D eigenvalue weighted by molar-refractivity contribution is 7.98. The number of hydrogen-bond acceptors (Lipinski definition) is 7. The Morgan fingerprint density at radius 2 is 1.94 bits per heavy atom. The highest BCUT2D eigenvalue weighted by atomic mass is 32.2. The van der Waals surface area contributed by atoms with Gasteiger partial charge in [0, 0.05) is 32.9 Å². The Hall–Kier alpha value is -2.44. The number of nitrogens with zero attached hydrogens (tertiary/aromatic N) is 5. The van der Waals surface area contributed by atoms with Crippen molar-refractivity contribution < 1.29 is 8.42 Å². The number of nitrogens with one attached hydrogen (secondary N) is 1. The van der Waals surface area contributed by atoms with Gasteiger partial charge in [0.05, 0.1) is 10.8 Å². The van der Waals surface area contributed by atoms with Gasteiger partial charge in [0.1, 0.15) is 10.7 Å². The maximum atomic E-state index is 12.6. The lowest BCUT2D eigenvalue weighted by Gasteiger charge is -2.15. The highest BCUT2D eigenvalue weighted by Crippen LogP contribution is 2.25. The fourth-order valence-corrected chi connectivity index (χ4v) is 6.05. The van der Waals surface area contributed by atoms with Gasteiger partial charge in [-0.15, -0.1) is 0 Å². The van der Waals surface area contributed by atoms with Crippen LogP contribution in [0.25, 0.3) is 11.2 Å². The maximum Gasteiger partial charge on any atom is 0.330 e. The van der Waals surface area contributed by atoms with Gasteiger partial charge >= 0.3 is 5.69 Å². The van der Waals surface area contributed by atoms with Crippen LogP contribution in [0.4, 0.5) is 0 Å². The van der Waals surface area contributed by atoms with E-state index in [0.29, 0.717) is 47.4 Å². The molecule has 0 amide bonds. The number of pyridine rings is 1. The standard InChI is InChI=1S/C20H26N6O4S2/c1-3-4-11-26-18-17(19(27)23-20(26)28)24(2)15(22-18)13-31-16-8-7-14(12-21-16)32(29,30)25-9-5-6-10-25/h7-8,12H,3-6,9-11,13H2,1-2H3,(H,23,27,28). The molecule has 1 N–H and O–H groups in total. The molecule has 0 atom stereocenters. The van der Waals surface area contributed by atoms with Gasteiger partial charge in [-0.3, -0.25) is 14.3 Å². The third-order valence-corrected chi connectivity index (χ3v) is 8.42. The number of imidazole rings is 1. The van der Waals surface area contributed by atoms with Gasteiger partial charge in [0.2, 0.25) is 10.0 Å². The molecule has 4 rings (SSSR count). The van der Waals surface area contributed by atoms with E-state index >= 15 is 0 Å². The number of aromatic nitrogens is 5. The van der Waals surface area contributed by atoms with Gasteiger partial charge in [-0.05, 0) is 31.4 Å². The molecule has 0 aliphatic carbocycles. The zero-order valence-electron chi connectivity index (χ0n) is 18.1. The molecule has 32 heavy (non-hydrogen) atoms. The molecular weight excluding hydrogens is 452 g/mol. The Labute approximate surface area is 189 Å². The van der Waals surface area contributed by atoms with Gasteiger partial charge in [-0.2, -0.15) is 4.31 Å². The number of sulfonamides is 1. The number of thioether (sulfide) groups is 1. The van der Waals surface area contributed by atoms with Crippen molar-refractivity contribution in [3.05, 3.63) is 45.0 Å². The van der Waals surface area contributed by atoms with E-state index in [-0.39, 0.29) is 4.90 Å². The molecule has 0 spiro atoms. The minimum atomic E-state index is -3.49. The Morgan fingerprint density at radius 1 is 1.19 bits per heavy atom. The first-order valence-corrected chi connectivity index (χ1v) is 13.0. The lowest BCUT2D eigenvalue weighted by molar-refractivity contribution is 0.477. The summed E-state index contributed by atoms with van der Waals surface area (Å²) in [5.74, 6) is 1.04. The van der Waals surface area contributed by atoms with Gasteiger partial charge in [-0.1, -0.05) is 25.1 Å². The quantitative estimate of drug-likeness (QED) is 0.489. The van der Waals surface area contributed by atoms with Crippen molar-refractivity contribution in [3.63, 3.8) is 0 Å². The summed E-state index contributed by atoms with van der Waals surface area (Å²) in [7, 11) is -1.75. The first-order chi connectivity index (χ1) is 15.3. The SMILES string of the molecule is CCCCn1c(=O)[nH]c(=O)c2c1nc(CSc1ccc(S(=O)(=O)N3CCCC3)cn1)n2C. The van der Waals surface area contributed by atoms with Crippen LogP contribution in [0.1, 0.15) is 38.4 Å². The summed E-state index contributed by atoms with van der Waals surface area (Å²) in [5, 5.41) is 0.648. The lowest BCUT2D eigenvalue weighted by atomic mass is 10.3. The van der Waals surface area contributed by atoms with Crippen LogP contribution in [-0.2, 0) is 29.4 Å². The van der Waals surface area contributed by atoms with Crippen LogP contribution < -0.4 is 11.2 Å². The molecule has 10 nitrogen and oxygen atoms in total. The summed E-state index contributed by atoms with van der Waals surface area (Å²) < 4.78 is 30.0. The first-order valence-electron chi connectivity index (χ1n) is 10.6. The van der Waals surface area contributed by atoms with Crippen molar-refractivity contribution in [1.29, 1.82) is 0 Å². The monoisotopic (exact) mass is 478 g/mol. The van der Waals surface area contributed by atoms with Crippen LogP contribution in [0.3, 0.4) is 0 Å². The lowest BCUT2D eigenvalue weighted by Crippen LogP contribution is -2.31. The van der Waals surface area contributed by atoms with Gasteiger partial charge in [0.25, 0.3) is 5.56 Å². The third kappa shape index (κ3) is 4.26. The van der Waals surface area contributed by atoms with E-state index in [2.05, 4.69) is 15.0 Å². The zero-order valence-corrected chi connectivity index (χ0v) is 19.7. The van der Waals surface area contributed by atoms with Crippen LogP contribution >= 0.6 is 11.8 Å². The molecule has 4 heterocycles. The highest BCUT2D eigenvalue weighted by Gasteiger charge is 2.27. The molecule has 0 bridgehead atoms. The molecular formula is C20H26N6O4S2. The van der Waals surface area contributed by atoms with Gasteiger partial charge in [0.15, 0.2) is 11.2 Å². The number of hydrogen-bond donors (Lipinski definition) is 1. The molecule has 12 heteroatoms. The minimum absolute atomic E-state index is 0.193. The van der Waals surface area contributed by atoms with Crippen molar-refractivity contribution in [1.82, 2.24) is 28.4 Å². The number of aryl methyl sites for hydroxylation is 2. The summed E-state index contributed by atoms with van der Waals surface area (Å²) in [6, 6.07) is 3.26. The van der Waals surface area contributed by atoms with Crippen LogP contribution in [-0.4, -0.2) is 49.9 Å². The zero-order chi connectivity index (χ0) is 22.9. The molecule has 1 fully saturated rings. The van der Waals surface area contributed by atoms with E-state index in [1.54, 1.807) is 23.7 Å². The van der Waals surface area contributed by atoms with Crippen molar-refractivity contribution in [2.45, 2.75) is 54.8 Å². The number of H-pyrrole nitrogens is 1. The van der Waals surface area contributed by atoms with E-state index < -0.39 is 21.3 Å². The first kappa shape index (κ1) is 22.7. The van der Waals surface area contributed by atoms with E-state index in [9.17, 15) is 18.0 Å². The summed E-state index contributed by atoms with van der Waals surface area (Å²) in [5.41, 5.74) is -0.176. The number of aromatic amines is 1. The Kier molecular flexibility index (Phi) is 6.54. The second-order valence-electron chi connectivity index (χ2n) is 7.76. The summed E-state index contributed by atoms with van der Waals surface area (Å²) in [4.78, 5) is 36.1. The molecule has 1 saturated heterocycles. The average Bonchev–Trinajstić information content (AvgIpc) is 3.42. The molecule has 1 aliphatic rings. The Bertz CT molecular complexity index is 1340. The predicted molar refractivity (Wildman–Crippen MR) is 122 cm³/mol. The maximum absolute atomic E-state index is 12.6. The third-order valence-electron chi connectivity index (χ3n) is 5.60. The Morgan fingerprint density at radius 3 is 2.59 bits per heavy atom. The normalized spacial score (nSPS) is 15.1. The van der Waals surface area contributed by atoms with Crippen LogP contribution in [0.15, 0.2) is 37.8 Å². The van der Waals surface area contributed by atoms with Crippen LogP contribution in [0.5, 0.6) is 0 Å². The van der Waals surface area contributed by atoms with Crippen LogP contribution in [0, 0.1) is 0 Å². The topological polar surface area (TPSA) is 123 Å². The average molecular weight is 479 g/mol. The second-order valence-corrected chi connectivity index (χ2v) is 10.7. The van der Waals surface area contributed by atoms with Crippen molar-refractivity contribution in [3.8, 4) is 0 Å². The second kappa shape index (κ2) is 9.20. The molecule has 3 aromatic heterocycles. The molecule has 1 aliphatic heterocycles. The van der Waals surface area contributed by atoms with Gasteiger partial charge in [-0.25, -0.2) is 23.2 Å². The van der Waals surface area contributed by atoms with E-state index in [0.717, 1.165) is 25.7 Å². The molecule has 0 aromatic carbocycles. The molecule has 0 saturated carbocycles. The molecule has 172 valence electrons. The minimum Gasteiger partial charge on any atom is -0.325 e. The number of unbranched alkanes of at least 4 members (excludes halogenated alkanes) is 1. The van der Waals surface area contributed by atoms with Crippen molar-refractivity contribution in [2.24, 2.45) is 7.05 Å². The molecule has 0 unspecified atom stereocenters. The van der Waals surface area contributed by atoms with E-state index in [4.69, 9.17) is 0 Å². The van der Waals surface area contributed by atoms with Crippen LogP contribution in [0.2, 0.25) is 0 Å². The molecule has 0 radical (unpaired) electrons. The van der Waals surface area contributed by atoms with Crippen molar-refractivity contribution >= 4 is 32.9 Å². The smallest absolute Gasteiger partial charge is 0.325 e. The fourth-order valence-electron chi connectivity index (χ4n) is 3.76. The summed E-state index contributed by atoms with van der Waals surface area (Å²) in [6.07, 6.45) is 4.87. The molecule has 3 aromatic rings. The summed E-state index contributed by atoms with van der Waals surface area (Å²) >= 11 is 1.39.